The third-order valence-corrected chi connectivity index (χ3v) is 5.57. The van der Waals surface area contributed by atoms with Crippen LogP contribution in [0.1, 0.15) is 69.7 Å². The van der Waals surface area contributed by atoms with Crippen molar-refractivity contribution in [2.24, 2.45) is 5.92 Å². The molecule has 1 amide bonds. The Balaban J connectivity index is 1.60. The zero-order valence-corrected chi connectivity index (χ0v) is 16.7. The topological polar surface area (TPSA) is 72.7 Å². The number of tetrazole rings is 1. The Morgan fingerprint density at radius 3 is 2.42 bits per heavy atom. The van der Waals surface area contributed by atoms with Crippen molar-refractivity contribution in [2.45, 2.75) is 63.7 Å². The minimum absolute atomic E-state index is 0.00346. The van der Waals surface area contributed by atoms with Crippen LogP contribution in [0.25, 0.3) is 0 Å². The van der Waals surface area contributed by atoms with Crippen molar-refractivity contribution < 1.29 is 4.79 Å². The second-order valence-electron chi connectivity index (χ2n) is 7.54. The molecule has 1 aliphatic carbocycles. The molecular formula is C19H27N5OS. The molecule has 140 valence electrons. The third-order valence-electron chi connectivity index (χ3n) is 4.63. The molecule has 3 rings (SSSR count). The van der Waals surface area contributed by atoms with Crippen LogP contribution in [0.3, 0.4) is 0 Å². The first-order valence-corrected chi connectivity index (χ1v) is 10.2. The summed E-state index contributed by atoms with van der Waals surface area (Å²) in [4.78, 5) is 12.5. The normalized spacial score (nSPS) is 15.5. The van der Waals surface area contributed by atoms with Gasteiger partial charge in [-0.3, -0.25) is 4.79 Å². The summed E-state index contributed by atoms with van der Waals surface area (Å²) in [5.41, 5.74) is 2.45. The molecular weight excluding hydrogens is 346 g/mol. The van der Waals surface area contributed by atoms with E-state index in [-0.39, 0.29) is 11.9 Å². The van der Waals surface area contributed by atoms with Crippen molar-refractivity contribution >= 4 is 17.7 Å². The molecule has 0 bridgehead atoms. The maximum Gasteiger partial charge on any atom is 0.230 e. The highest BCUT2D eigenvalue weighted by molar-refractivity contribution is 7.99. The van der Waals surface area contributed by atoms with E-state index in [4.69, 9.17) is 0 Å². The minimum atomic E-state index is 0.00346. The van der Waals surface area contributed by atoms with Gasteiger partial charge in [0.25, 0.3) is 0 Å². The van der Waals surface area contributed by atoms with Gasteiger partial charge in [-0.25, -0.2) is 4.68 Å². The summed E-state index contributed by atoms with van der Waals surface area (Å²) in [5, 5.41) is 15.7. The monoisotopic (exact) mass is 373 g/mol. The van der Waals surface area contributed by atoms with Gasteiger partial charge in [0.05, 0.1) is 17.8 Å². The summed E-state index contributed by atoms with van der Waals surface area (Å²) < 4.78 is 1.84. The van der Waals surface area contributed by atoms with Crippen LogP contribution in [0, 0.1) is 5.92 Å². The van der Waals surface area contributed by atoms with E-state index in [1.165, 1.54) is 17.3 Å². The lowest BCUT2D eigenvalue weighted by atomic mass is 9.93. The Morgan fingerprint density at radius 1 is 1.19 bits per heavy atom. The number of carbonyl (C=O) groups is 1. The van der Waals surface area contributed by atoms with Crippen molar-refractivity contribution in [3.63, 3.8) is 0 Å². The summed E-state index contributed by atoms with van der Waals surface area (Å²) in [6.45, 7) is 8.62. The van der Waals surface area contributed by atoms with Crippen molar-refractivity contribution in [3.8, 4) is 0 Å². The molecule has 1 fully saturated rings. The van der Waals surface area contributed by atoms with Crippen molar-refractivity contribution in [1.29, 1.82) is 0 Å². The Bertz CT molecular complexity index is 737. The molecule has 1 aromatic heterocycles. The molecule has 1 saturated carbocycles. The standard InChI is InChI=1S/C19H27N5OS/c1-12(2)14-5-7-15(8-6-14)18(13(3)4)20-17(25)11-26-19-21-22-23-24(19)16-9-10-16/h5-8,12-13,16,18H,9-11H2,1-4H3,(H,20,25)/t18-/m0/s1. The van der Waals surface area contributed by atoms with Crippen molar-refractivity contribution in [1.82, 2.24) is 25.5 Å². The lowest BCUT2D eigenvalue weighted by molar-refractivity contribution is -0.119. The van der Waals surface area contributed by atoms with Gasteiger partial charge in [0.2, 0.25) is 11.1 Å². The van der Waals surface area contributed by atoms with Gasteiger partial charge in [-0.1, -0.05) is 63.7 Å². The molecule has 1 heterocycles. The maximum absolute atomic E-state index is 12.5. The van der Waals surface area contributed by atoms with Gasteiger partial charge in [-0.15, -0.1) is 5.10 Å². The lowest BCUT2D eigenvalue weighted by Crippen LogP contribution is -2.33. The molecule has 1 aromatic carbocycles. The SMILES string of the molecule is CC(C)c1ccc([C@@H](NC(=O)CSc2nnnn2C2CC2)C(C)C)cc1. The Kier molecular flexibility index (Phi) is 5.96. The van der Waals surface area contributed by atoms with Crippen LogP contribution in [0.4, 0.5) is 0 Å². The Morgan fingerprint density at radius 2 is 1.85 bits per heavy atom. The number of hydrogen-bond acceptors (Lipinski definition) is 5. The zero-order chi connectivity index (χ0) is 18.7. The fourth-order valence-electron chi connectivity index (χ4n) is 2.90. The summed E-state index contributed by atoms with van der Waals surface area (Å²) in [6.07, 6.45) is 2.24. The van der Waals surface area contributed by atoms with Crippen LogP contribution >= 0.6 is 11.8 Å². The number of nitrogens with zero attached hydrogens (tertiary/aromatic N) is 4. The Labute approximate surface area is 159 Å². The number of nitrogens with one attached hydrogen (secondary N) is 1. The predicted octanol–water partition coefficient (Wildman–Crippen LogP) is 3.74. The second-order valence-corrected chi connectivity index (χ2v) is 8.48. The van der Waals surface area contributed by atoms with Crippen LogP contribution in [-0.2, 0) is 4.79 Å². The van der Waals surface area contributed by atoms with Crippen LogP contribution in [0.5, 0.6) is 0 Å². The Hall–Kier alpha value is -1.89. The smallest absolute Gasteiger partial charge is 0.230 e. The van der Waals surface area contributed by atoms with Gasteiger partial charge in [0.1, 0.15) is 0 Å². The number of rotatable bonds is 8. The molecule has 2 aromatic rings. The molecule has 26 heavy (non-hydrogen) atoms. The predicted molar refractivity (Wildman–Crippen MR) is 103 cm³/mol. The van der Waals surface area contributed by atoms with E-state index in [0.717, 1.165) is 23.6 Å². The summed E-state index contributed by atoms with van der Waals surface area (Å²) in [6, 6.07) is 8.98. The van der Waals surface area contributed by atoms with E-state index in [1.807, 2.05) is 4.68 Å². The average molecular weight is 374 g/mol. The lowest BCUT2D eigenvalue weighted by Gasteiger charge is -2.23. The van der Waals surface area contributed by atoms with Crippen LogP contribution in [-0.4, -0.2) is 31.9 Å². The van der Waals surface area contributed by atoms with Crippen LogP contribution in [0.15, 0.2) is 29.4 Å². The fourth-order valence-corrected chi connectivity index (χ4v) is 3.65. The fraction of sp³-hybridized carbons (Fsp3) is 0.579. The van der Waals surface area contributed by atoms with Gasteiger partial charge in [-0.2, -0.15) is 0 Å². The van der Waals surface area contributed by atoms with E-state index in [9.17, 15) is 4.79 Å². The van der Waals surface area contributed by atoms with Gasteiger partial charge in [-0.05, 0) is 46.2 Å². The highest BCUT2D eigenvalue weighted by Gasteiger charge is 2.28. The van der Waals surface area contributed by atoms with E-state index >= 15 is 0 Å². The van der Waals surface area contributed by atoms with Crippen LogP contribution in [0.2, 0.25) is 0 Å². The largest absolute Gasteiger partial charge is 0.348 e. The van der Waals surface area contributed by atoms with Gasteiger partial charge in [0, 0.05) is 0 Å². The molecule has 1 aliphatic rings. The molecule has 0 aliphatic heterocycles. The summed E-state index contributed by atoms with van der Waals surface area (Å²) in [7, 11) is 0. The van der Waals surface area contributed by atoms with Gasteiger partial charge in [0.15, 0.2) is 0 Å². The van der Waals surface area contributed by atoms with Crippen LogP contribution < -0.4 is 5.32 Å². The third kappa shape index (κ3) is 4.63. The number of carbonyl (C=O) groups excluding carboxylic acids is 1. The number of benzene rings is 1. The minimum Gasteiger partial charge on any atom is -0.348 e. The highest BCUT2D eigenvalue weighted by Crippen LogP contribution is 2.36. The number of amides is 1. The summed E-state index contributed by atoms with van der Waals surface area (Å²) >= 11 is 1.40. The molecule has 0 unspecified atom stereocenters. The average Bonchev–Trinajstić information content (AvgIpc) is 3.35. The number of hydrogen-bond donors (Lipinski definition) is 1. The first-order chi connectivity index (χ1) is 12.5. The molecule has 1 N–H and O–H groups in total. The molecule has 0 spiro atoms. The van der Waals surface area contributed by atoms with Crippen molar-refractivity contribution in [2.75, 3.05) is 5.75 Å². The number of aromatic nitrogens is 4. The zero-order valence-electron chi connectivity index (χ0n) is 15.8. The summed E-state index contributed by atoms with van der Waals surface area (Å²) in [5.74, 6) is 1.14. The van der Waals surface area contributed by atoms with E-state index in [2.05, 4.69) is 72.8 Å². The molecule has 1 atom stereocenters. The maximum atomic E-state index is 12.5. The molecule has 0 saturated heterocycles. The quantitative estimate of drug-likeness (QED) is 0.714. The molecule has 6 nitrogen and oxygen atoms in total. The van der Waals surface area contributed by atoms with Gasteiger partial charge < -0.3 is 5.32 Å². The van der Waals surface area contributed by atoms with E-state index < -0.39 is 0 Å². The van der Waals surface area contributed by atoms with Gasteiger partial charge >= 0.3 is 0 Å². The first kappa shape index (κ1) is 18.9. The van der Waals surface area contributed by atoms with E-state index in [1.54, 1.807) is 0 Å². The second kappa shape index (κ2) is 8.20. The van der Waals surface area contributed by atoms with E-state index in [0.29, 0.717) is 23.6 Å². The molecule has 7 heteroatoms. The number of thioether (sulfide) groups is 1. The first-order valence-electron chi connectivity index (χ1n) is 9.25. The van der Waals surface area contributed by atoms with Crippen molar-refractivity contribution in [3.05, 3.63) is 35.4 Å². The molecule has 0 radical (unpaired) electrons. The highest BCUT2D eigenvalue weighted by atomic mass is 32.2.